The number of hydrogen-bond donors (Lipinski definition) is 0. The van der Waals surface area contributed by atoms with E-state index in [9.17, 15) is 0 Å². The van der Waals surface area contributed by atoms with Crippen molar-refractivity contribution in [3.63, 3.8) is 0 Å². The van der Waals surface area contributed by atoms with Crippen LogP contribution in [-0.2, 0) is 5.41 Å². The lowest BCUT2D eigenvalue weighted by Gasteiger charge is -2.39. The Balaban J connectivity index is 2.05. The summed E-state index contributed by atoms with van der Waals surface area (Å²) in [5.74, 6) is 0.705. The van der Waals surface area contributed by atoms with Gasteiger partial charge in [-0.25, -0.2) is 0 Å². The first-order valence-corrected chi connectivity index (χ1v) is 6.63. The highest BCUT2D eigenvalue weighted by molar-refractivity contribution is 9.10. The third kappa shape index (κ3) is 1.79. The second kappa shape index (κ2) is 4.10. The molecule has 2 aromatic rings. The van der Waals surface area contributed by atoms with Crippen LogP contribution in [0.3, 0.4) is 0 Å². The fourth-order valence-electron chi connectivity index (χ4n) is 2.34. The predicted octanol–water partition coefficient (Wildman–Crippen LogP) is 3.96. The summed E-state index contributed by atoms with van der Waals surface area (Å²) >= 11 is 9.15. The van der Waals surface area contributed by atoms with E-state index in [-0.39, 0.29) is 10.8 Å². The lowest BCUT2D eigenvalue weighted by molar-refractivity contribution is 0.272. The largest absolute Gasteiger partial charge is 0.321 e. The second-order valence-corrected chi connectivity index (χ2v) is 5.55. The van der Waals surface area contributed by atoms with Gasteiger partial charge in [-0.05, 0) is 42.1 Å². The van der Waals surface area contributed by atoms with Gasteiger partial charge in [-0.1, -0.05) is 39.6 Å². The molecule has 1 fully saturated rings. The lowest BCUT2D eigenvalue weighted by Crippen LogP contribution is -2.36. The molecule has 0 N–H and O–H groups in total. The van der Waals surface area contributed by atoms with Gasteiger partial charge in [0, 0.05) is 4.47 Å². The molecule has 0 radical (unpaired) electrons. The van der Waals surface area contributed by atoms with Crippen molar-refractivity contribution in [2.24, 2.45) is 0 Å². The molecule has 0 amide bonds. The average molecular weight is 314 g/mol. The molecule has 88 valence electrons. The van der Waals surface area contributed by atoms with E-state index in [1.54, 1.807) is 0 Å². The van der Waals surface area contributed by atoms with Crippen LogP contribution in [-0.4, -0.2) is 10.1 Å². The van der Waals surface area contributed by atoms with Gasteiger partial charge in [-0.15, -0.1) is 0 Å². The molecular formula is C12H10BrClN2O. The first kappa shape index (κ1) is 11.2. The smallest absolute Gasteiger partial charge is 0.320 e. The van der Waals surface area contributed by atoms with Gasteiger partial charge in [0.05, 0.1) is 5.41 Å². The van der Waals surface area contributed by atoms with Crippen molar-refractivity contribution in [3.05, 3.63) is 45.5 Å². The number of nitrogens with zero attached hydrogens (tertiary/aromatic N) is 2. The first-order valence-electron chi connectivity index (χ1n) is 5.46. The quantitative estimate of drug-likeness (QED) is 0.842. The summed E-state index contributed by atoms with van der Waals surface area (Å²) in [4.78, 5) is 4.18. The van der Waals surface area contributed by atoms with E-state index in [1.807, 2.05) is 12.1 Å². The van der Waals surface area contributed by atoms with E-state index in [2.05, 4.69) is 38.2 Å². The van der Waals surface area contributed by atoms with Gasteiger partial charge in [0.25, 0.3) is 0 Å². The third-order valence-electron chi connectivity index (χ3n) is 3.43. The van der Waals surface area contributed by atoms with Crippen LogP contribution in [0.15, 0.2) is 33.3 Å². The van der Waals surface area contributed by atoms with Crippen LogP contribution in [0.25, 0.3) is 0 Å². The zero-order valence-corrected chi connectivity index (χ0v) is 11.3. The van der Waals surface area contributed by atoms with E-state index in [0.717, 1.165) is 17.3 Å². The van der Waals surface area contributed by atoms with Crippen molar-refractivity contribution >= 4 is 27.5 Å². The van der Waals surface area contributed by atoms with Gasteiger partial charge in [0.1, 0.15) is 0 Å². The Morgan fingerprint density at radius 1 is 1.24 bits per heavy atom. The molecule has 1 aliphatic carbocycles. The summed E-state index contributed by atoms with van der Waals surface area (Å²) < 4.78 is 5.96. The molecule has 1 aromatic heterocycles. The molecule has 0 atom stereocenters. The van der Waals surface area contributed by atoms with Crippen molar-refractivity contribution in [3.8, 4) is 0 Å². The predicted molar refractivity (Wildman–Crippen MR) is 68.1 cm³/mol. The van der Waals surface area contributed by atoms with Gasteiger partial charge >= 0.3 is 5.35 Å². The van der Waals surface area contributed by atoms with Crippen LogP contribution in [0, 0.1) is 0 Å². The van der Waals surface area contributed by atoms with Crippen LogP contribution < -0.4 is 0 Å². The fourth-order valence-corrected chi connectivity index (χ4v) is 2.72. The molecule has 0 unspecified atom stereocenters. The molecule has 3 nitrogen and oxygen atoms in total. The Hall–Kier alpha value is -0.870. The van der Waals surface area contributed by atoms with E-state index in [0.29, 0.717) is 5.82 Å². The minimum Gasteiger partial charge on any atom is -0.321 e. The summed E-state index contributed by atoms with van der Waals surface area (Å²) in [7, 11) is 0. The third-order valence-corrected chi connectivity index (χ3v) is 4.12. The number of benzene rings is 1. The van der Waals surface area contributed by atoms with Crippen LogP contribution in [0.1, 0.15) is 30.7 Å². The molecular weight excluding hydrogens is 304 g/mol. The summed E-state index contributed by atoms with van der Waals surface area (Å²) in [6.07, 6.45) is 3.28. The van der Waals surface area contributed by atoms with E-state index in [4.69, 9.17) is 16.1 Å². The standard InChI is InChI=1S/C12H10BrClN2O/c13-9-4-2-8(3-5-9)12(6-1-7-12)10-15-11(14)17-16-10/h2-5H,1,6-7H2. The van der Waals surface area contributed by atoms with E-state index in [1.165, 1.54) is 12.0 Å². The molecule has 5 heteroatoms. The van der Waals surface area contributed by atoms with Crippen LogP contribution in [0.5, 0.6) is 0 Å². The fraction of sp³-hybridized carbons (Fsp3) is 0.333. The van der Waals surface area contributed by atoms with Crippen molar-refractivity contribution in [1.82, 2.24) is 10.1 Å². The SMILES string of the molecule is Clc1nc(C2(c3ccc(Br)cc3)CCC2)no1. The van der Waals surface area contributed by atoms with Crippen molar-refractivity contribution in [2.45, 2.75) is 24.7 Å². The van der Waals surface area contributed by atoms with Crippen molar-refractivity contribution in [2.75, 3.05) is 0 Å². The molecule has 0 saturated heterocycles. The van der Waals surface area contributed by atoms with Crippen LogP contribution in [0.2, 0.25) is 5.35 Å². The summed E-state index contributed by atoms with van der Waals surface area (Å²) in [5.41, 5.74) is 1.13. The monoisotopic (exact) mass is 312 g/mol. The average Bonchev–Trinajstić information content (AvgIpc) is 2.67. The maximum Gasteiger partial charge on any atom is 0.320 e. The lowest BCUT2D eigenvalue weighted by atomic mass is 9.64. The zero-order valence-electron chi connectivity index (χ0n) is 8.99. The van der Waals surface area contributed by atoms with Crippen LogP contribution in [0.4, 0.5) is 0 Å². The minimum absolute atomic E-state index is 0.0999. The highest BCUT2D eigenvalue weighted by atomic mass is 79.9. The van der Waals surface area contributed by atoms with Gasteiger partial charge < -0.3 is 4.52 Å². The summed E-state index contributed by atoms with van der Waals surface area (Å²) in [6.45, 7) is 0. The number of rotatable bonds is 2. The van der Waals surface area contributed by atoms with E-state index < -0.39 is 0 Å². The van der Waals surface area contributed by atoms with Gasteiger partial charge in [0.2, 0.25) is 0 Å². The Bertz CT molecular complexity index is 534. The molecule has 0 spiro atoms. The normalized spacial score (nSPS) is 17.8. The molecule has 1 heterocycles. The van der Waals surface area contributed by atoms with Crippen LogP contribution >= 0.6 is 27.5 Å². The Morgan fingerprint density at radius 3 is 2.41 bits per heavy atom. The molecule has 1 aromatic carbocycles. The Kier molecular flexibility index (Phi) is 2.71. The minimum atomic E-state index is -0.0999. The van der Waals surface area contributed by atoms with Gasteiger partial charge in [-0.3, -0.25) is 0 Å². The summed E-state index contributed by atoms with van der Waals surface area (Å²) in [6, 6.07) is 8.29. The molecule has 3 rings (SSSR count). The maximum absolute atomic E-state index is 5.71. The van der Waals surface area contributed by atoms with Crippen molar-refractivity contribution in [1.29, 1.82) is 0 Å². The number of hydrogen-bond acceptors (Lipinski definition) is 3. The number of halogens is 2. The van der Waals surface area contributed by atoms with Gasteiger partial charge in [0.15, 0.2) is 5.82 Å². The molecule has 17 heavy (non-hydrogen) atoms. The highest BCUT2D eigenvalue weighted by Crippen LogP contribution is 2.48. The molecule has 1 aliphatic rings. The molecule has 0 aliphatic heterocycles. The van der Waals surface area contributed by atoms with Gasteiger partial charge in [-0.2, -0.15) is 4.98 Å². The summed E-state index contributed by atoms with van der Waals surface area (Å²) in [5, 5.41) is 4.09. The topological polar surface area (TPSA) is 38.9 Å². The molecule has 0 bridgehead atoms. The zero-order chi connectivity index (χ0) is 11.9. The Morgan fingerprint density at radius 2 is 1.94 bits per heavy atom. The maximum atomic E-state index is 5.71. The second-order valence-electron chi connectivity index (χ2n) is 4.31. The van der Waals surface area contributed by atoms with Crippen molar-refractivity contribution < 1.29 is 4.52 Å². The number of aromatic nitrogens is 2. The molecule has 1 saturated carbocycles. The van der Waals surface area contributed by atoms with E-state index >= 15 is 0 Å². The Labute approximate surface area is 112 Å². The highest BCUT2D eigenvalue weighted by Gasteiger charge is 2.44. The first-order chi connectivity index (χ1) is 8.21.